The van der Waals surface area contributed by atoms with E-state index in [2.05, 4.69) is 28.8 Å². The Kier molecular flexibility index (Phi) is 18.5. The van der Waals surface area contributed by atoms with Crippen molar-refractivity contribution in [1.29, 1.82) is 0 Å². The lowest BCUT2D eigenvalue weighted by Gasteiger charge is -2.19. The van der Waals surface area contributed by atoms with Gasteiger partial charge in [0.1, 0.15) is 0 Å². The molecular formula is C23H49N3. The Balaban J connectivity index is 0.00000301. The third kappa shape index (κ3) is 12.6. The van der Waals surface area contributed by atoms with Gasteiger partial charge in [0.15, 0.2) is 5.96 Å². The summed E-state index contributed by atoms with van der Waals surface area (Å²) in [6.45, 7) is 9.77. The van der Waals surface area contributed by atoms with E-state index in [1.807, 2.05) is 20.9 Å². The molecule has 0 aromatic carbocycles. The van der Waals surface area contributed by atoms with Gasteiger partial charge in [-0.25, -0.2) is 0 Å². The zero-order chi connectivity index (χ0) is 19.5. The van der Waals surface area contributed by atoms with Crippen LogP contribution in [-0.2, 0) is 0 Å². The van der Waals surface area contributed by atoms with Crippen LogP contribution in [0.1, 0.15) is 111 Å². The Hall–Kier alpha value is -0.730. The van der Waals surface area contributed by atoms with E-state index in [1.54, 1.807) is 0 Å². The Bertz CT molecular complexity index is 315. The van der Waals surface area contributed by atoms with E-state index in [4.69, 9.17) is 0 Å². The number of rotatable bonds is 15. The molecule has 26 heavy (non-hydrogen) atoms. The summed E-state index contributed by atoms with van der Waals surface area (Å²) in [5.74, 6) is 1.18. The number of guanidine groups is 1. The highest BCUT2D eigenvalue weighted by molar-refractivity contribution is 5.81. The first-order chi connectivity index (χ1) is 12.8. The zero-order valence-corrected chi connectivity index (χ0v) is 18.9. The Labute approximate surface area is 165 Å². The molecule has 156 valence electrons. The van der Waals surface area contributed by atoms with Crippen molar-refractivity contribution in [2.24, 2.45) is 4.99 Å². The van der Waals surface area contributed by atoms with E-state index < -0.39 is 0 Å². The quantitative estimate of drug-likeness (QED) is 0.299. The molecule has 0 bridgehead atoms. The van der Waals surface area contributed by atoms with Crippen LogP contribution < -0.4 is 0 Å². The number of nitrogens with zero attached hydrogens (tertiary/aromatic N) is 3. The average Bonchev–Trinajstić information content (AvgIpc) is 3.03. The van der Waals surface area contributed by atoms with Crippen molar-refractivity contribution >= 4 is 5.96 Å². The lowest BCUT2D eigenvalue weighted by Crippen LogP contribution is -2.32. The van der Waals surface area contributed by atoms with Crippen LogP contribution in [0.4, 0.5) is 0 Å². The van der Waals surface area contributed by atoms with Gasteiger partial charge in [0.25, 0.3) is 0 Å². The number of unbranched alkanes of at least 4 members (excludes halogenated alkanes) is 13. The SMILES string of the molecule is CC.CCCCCCCCCCCCCCCCN1CCN(C)C1=NC. The second kappa shape index (κ2) is 19.0. The number of hydrogen-bond donors (Lipinski definition) is 0. The molecular weight excluding hydrogens is 318 g/mol. The minimum Gasteiger partial charge on any atom is -0.344 e. The summed E-state index contributed by atoms with van der Waals surface area (Å²) < 4.78 is 0. The Morgan fingerprint density at radius 1 is 0.692 bits per heavy atom. The van der Waals surface area contributed by atoms with Gasteiger partial charge in [-0.3, -0.25) is 4.99 Å². The maximum atomic E-state index is 4.40. The average molecular weight is 368 g/mol. The monoisotopic (exact) mass is 367 g/mol. The molecule has 3 nitrogen and oxygen atoms in total. The first-order valence-corrected chi connectivity index (χ1v) is 11.7. The van der Waals surface area contributed by atoms with E-state index >= 15 is 0 Å². The van der Waals surface area contributed by atoms with Crippen LogP contribution in [0.2, 0.25) is 0 Å². The van der Waals surface area contributed by atoms with E-state index in [9.17, 15) is 0 Å². The molecule has 1 heterocycles. The third-order valence-electron chi connectivity index (χ3n) is 5.31. The van der Waals surface area contributed by atoms with Gasteiger partial charge in [0.05, 0.1) is 0 Å². The third-order valence-corrected chi connectivity index (χ3v) is 5.31. The number of likely N-dealkylation sites (N-methyl/N-ethyl adjacent to an activating group) is 1. The predicted molar refractivity (Wildman–Crippen MR) is 119 cm³/mol. The van der Waals surface area contributed by atoms with Crippen molar-refractivity contribution in [3.8, 4) is 0 Å². The van der Waals surface area contributed by atoms with Crippen molar-refractivity contribution in [2.75, 3.05) is 33.7 Å². The lowest BCUT2D eigenvalue weighted by molar-refractivity contribution is 0.433. The fourth-order valence-electron chi connectivity index (χ4n) is 3.73. The summed E-state index contributed by atoms with van der Waals surface area (Å²) in [7, 11) is 4.06. The molecule has 0 amide bonds. The van der Waals surface area contributed by atoms with Crippen LogP contribution in [0.5, 0.6) is 0 Å². The summed E-state index contributed by atoms with van der Waals surface area (Å²) in [5.41, 5.74) is 0. The molecule has 1 aliphatic rings. The van der Waals surface area contributed by atoms with Crippen LogP contribution in [0.15, 0.2) is 4.99 Å². The second-order valence-corrected chi connectivity index (χ2v) is 7.53. The molecule has 0 atom stereocenters. The fraction of sp³-hybridized carbons (Fsp3) is 0.957. The molecule has 0 unspecified atom stereocenters. The standard InChI is InChI=1S/C21H43N3.C2H6/c1-4-5-6-7-8-9-10-11-12-13-14-15-16-17-18-24-20-19-23(3)21(24)22-2;1-2/h4-20H2,1-3H3;1-2H3. The summed E-state index contributed by atoms with van der Waals surface area (Å²) in [6.07, 6.45) is 20.0. The van der Waals surface area contributed by atoms with Gasteiger partial charge in [0.2, 0.25) is 0 Å². The van der Waals surface area contributed by atoms with Crippen LogP contribution in [0.25, 0.3) is 0 Å². The van der Waals surface area contributed by atoms with Crippen LogP contribution in [-0.4, -0.2) is 49.5 Å². The summed E-state index contributed by atoms with van der Waals surface area (Å²) in [6, 6.07) is 0. The molecule has 0 aliphatic carbocycles. The van der Waals surface area contributed by atoms with Gasteiger partial charge in [-0.2, -0.15) is 0 Å². The van der Waals surface area contributed by atoms with Gasteiger partial charge in [-0.15, -0.1) is 0 Å². The largest absolute Gasteiger partial charge is 0.344 e. The Morgan fingerprint density at radius 3 is 1.54 bits per heavy atom. The highest BCUT2D eigenvalue weighted by atomic mass is 15.4. The molecule has 0 saturated carbocycles. The zero-order valence-electron chi connectivity index (χ0n) is 18.9. The van der Waals surface area contributed by atoms with E-state index in [0.717, 1.165) is 13.1 Å². The van der Waals surface area contributed by atoms with E-state index in [0.29, 0.717) is 0 Å². The minimum absolute atomic E-state index is 1.13. The molecule has 0 N–H and O–H groups in total. The molecule has 1 fully saturated rings. The molecule has 0 spiro atoms. The van der Waals surface area contributed by atoms with Crippen molar-refractivity contribution in [3.05, 3.63) is 0 Å². The fourth-order valence-corrected chi connectivity index (χ4v) is 3.73. The summed E-state index contributed by atoms with van der Waals surface area (Å²) in [4.78, 5) is 9.12. The molecule has 1 saturated heterocycles. The highest BCUT2D eigenvalue weighted by Gasteiger charge is 2.21. The maximum absolute atomic E-state index is 4.40. The van der Waals surface area contributed by atoms with Crippen molar-refractivity contribution in [2.45, 2.75) is 111 Å². The molecule has 3 heteroatoms. The van der Waals surface area contributed by atoms with Gasteiger partial charge in [-0.1, -0.05) is 104 Å². The summed E-state index contributed by atoms with van der Waals surface area (Å²) in [5, 5.41) is 0. The van der Waals surface area contributed by atoms with Gasteiger partial charge in [0, 0.05) is 33.7 Å². The van der Waals surface area contributed by atoms with Gasteiger partial charge >= 0.3 is 0 Å². The van der Waals surface area contributed by atoms with Crippen LogP contribution in [0, 0.1) is 0 Å². The molecule has 0 radical (unpaired) electrons. The minimum atomic E-state index is 1.13. The van der Waals surface area contributed by atoms with Gasteiger partial charge < -0.3 is 9.80 Å². The van der Waals surface area contributed by atoms with E-state index in [1.165, 1.54) is 102 Å². The van der Waals surface area contributed by atoms with Crippen molar-refractivity contribution in [3.63, 3.8) is 0 Å². The van der Waals surface area contributed by atoms with Crippen molar-refractivity contribution < 1.29 is 0 Å². The molecule has 1 rings (SSSR count). The van der Waals surface area contributed by atoms with Crippen LogP contribution >= 0.6 is 0 Å². The lowest BCUT2D eigenvalue weighted by atomic mass is 10.0. The first-order valence-electron chi connectivity index (χ1n) is 11.7. The van der Waals surface area contributed by atoms with E-state index in [-0.39, 0.29) is 0 Å². The molecule has 0 aromatic rings. The van der Waals surface area contributed by atoms with Gasteiger partial charge in [-0.05, 0) is 6.42 Å². The summed E-state index contributed by atoms with van der Waals surface area (Å²) >= 11 is 0. The number of hydrogen-bond acceptors (Lipinski definition) is 1. The number of aliphatic imine (C=N–C) groups is 1. The highest BCUT2D eigenvalue weighted by Crippen LogP contribution is 2.14. The van der Waals surface area contributed by atoms with Crippen molar-refractivity contribution in [1.82, 2.24) is 9.80 Å². The topological polar surface area (TPSA) is 18.8 Å². The normalized spacial score (nSPS) is 15.5. The maximum Gasteiger partial charge on any atom is 0.196 e. The second-order valence-electron chi connectivity index (χ2n) is 7.53. The first kappa shape index (κ1) is 25.3. The predicted octanol–water partition coefficient (Wildman–Crippen LogP) is 6.73. The Morgan fingerprint density at radius 2 is 1.12 bits per heavy atom. The molecule has 1 aliphatic heterocycles. The van der Waals surface area contributed by atoms with Crippen LogP contribution in [0.3, 0.4) is 0 Å². The smallest absolute Gasteiger partial charge is 0.196 e. The molecule has 0 aromatic heterocycles.